The number of benzene rings is 1. The minimum atomic E-state index is 0.422. The predicted octanol–water partition coefficient (Wildman–Crippen LogP) is 3.69. The van der Waals surface area contributed by atoms with Gasteiger partial charge in [-0.2, -0.15) is 0 Å². The third-order valence-electron chi connectivity index (χ3n) is 3.11. The van der Waals surface area contributed by atoms with Crippen LogP contribution in [-0.4, -0.2) is 9.55 Å². The Morgan fingerprint density at radius 3 is 2.61 bits per heavy atom. The first-order valence-electron chi connectivity index (χ1n) is 6.42. The van der Waals surface area contributed by atoms with E-state index in [0.29, 0.717) is 6.04 Å². The van der Waals surface area contributed by atoms with E-state index in [1.54, 1.807) is 0 Å². The fraction of sp³-hybridized carbons (Fsp3) is 0.400. The van der Waals surface area contributed by atoms with Gasteiger partial charge in [-0.1, -0.05) is 24.3 Å². The standard InChI is InChI=1S/C15H21N3/c1-11(2)18-10-13(4)17-15(18)16-9-14-8-6-5-7-12(14)3/h5-8,10-11H,9H2,1-4H3,(H,16,17). The zero-order valence-corrected chi connectivity index (χ0v) is 11.6. The second-order valence-electron chi connectivity index (χ2n) is 4.99. The summed E-state index contributed by atoms with van der Waals surface area (Å²) in [5.74, 6) is 0.950. The van der Waals surface area contributed by atoms with Crippen molar-refractivity contribution in [3.8, 4) is 0 Å². The van der Waals surface area contributed by atoms with Crippen LogP contribution in [0.2, 0.25) is 0 Å². The molecule has 0 fully saturated rings. The van der Waals surface area contributed by atoms with Crippen LogP contribution in [0, 0.1) is 13.8 Å². The number of nitrogens with one attached hydrogen (secondary N) is 1. The molecule has 2 aromatic rings. The summed E-state index contributed by atoms with van der Waals surface area (Å²) in [7, 11) is 0. The van der Waals surface area contributed by atoms with E-state index in [4.69, 9.17) is 0 Å². The average Bonchev–Trinajstić information content (AvgIpc) is 2.70. The number of hydrogen-bond donors (Lipinski definition) is 1. The van der Waals surface area contributed by atoms with Gasteiger partial charge in [0.1, 0.15) is 0 Å². The van der Waals surface area contributed by atoms with Gasteiger partial charge in [-0.3, -0.25) is 0 Å². The molecule has 0 radical (unpaired) electrons. The van der Waals surface area contributed by atoms with E-state index in [2.05, 4.69) is 66.1 Å². The van der Waals surface area contributed by atoms with E-state index < -0.39 is 0 Å². The topological polar surface area (TPSA) is 29.9 Å². The van der Waals surface area contributed by atoms with Gasteiger partial charge in [-0.25, -0.2) is 4.98 Å². The van der Waals surface area contributed by atoms with Crippen LogP contribution in [0.5, 0.6) is 0 Å². The molecule has 1 N–H and O–H groups in total. The summed E-state index contributed by atoms with van der Waals surface area (Å²) in [6.45, 7) is 9.31. The summed E-state index contributed by atoms with van der Waals surface area (Å²) in [4.78, 5) is 4.53. The first kappa shape index (κ1) is 12.7. The highest BCUT2D eigenvalue weighted by Crippen LogP contribution is 2.17. The zero-order chi connectivity index (χ0) is 13.1. The van der Waals surface area contributed by atoms with Crippen molar-refractivity contribution in [2.75, 3.05) is 5.32 Å². The number of aryl methyl sites for hydroxylation is 2. The highest BCUT2D eigenvalue weighted by molar-refractivity contribution is 5.34. The molecule has 2 rings (SSSR count). The Morgan fingerprint density at radius 2 is 1.94 bits per heavy atom. The lowest BCUT2D eigenvalue weighted by Crippen LogP contribution is -2.09. The Labute approximate surface area is 109 Å². The van der Waals surface area contributed by atoms with Crippen molar-refractivity contribution in [1.82, 2.24) is 9.55 Å². The molecule has 3 nitrogen and oxygen atoms in total. The van der Waals surface area contributed by atoms with Gasteiger partial charge in [0.25, 0.3) is 0 Å². The van der Waals surface area contributed by atoms with Gasteiger partial charge in [0.15, 0.2) is 0 Å². The molecule has 0 saturated heterocycles. The van der Waals surface area contributed by atoms with Crippen molar-refractivity contribution in [2.24, 2.45) is 0 Å². The molecule has 0 spiro atoms. The Hall–Kier alpha value is -1.77. The van der Waals surface area contributed by atoms with Gasteiger partial charge in [0.2, 0.25) is 5.95 Å². The first-order valence-corrected chi connectivity index (χ1v) is 6.42. The molecule has 0 bridgehead atoms. The monoisotopic (exact) mass is 243 g/mol. The van der Waals surface area contributed by atoms with Gasteiger partial charge in [-0.15, -0.1) is 0 Å². The maximum Gasteiger partial charge on any atom is 0.203 e. The normalized spacial score (nSPS) is 10.9. The lowest BCUT2D eigenvalue weighted by atomic mass is 10.1. The van der Waals surface area contributed by atoms with E-state index >= 15 is 0 Å². The molecule has 1 aromatic heterocycles. The summed E-state index contributed by atoms with van der Waals surface area (Å²) >= 11 is 0. The molecule has 0 aliphatic heterocycles. The molecule has 96 valence electrons. The summed E-state index contributed by atoms with van der Waals surface area (Å²) in [6.07, 6.45) is 2.09. The summed E-state index contributed by atoms with van der Waals surface area (Å²) < 4.78 is 2.17. The molecule has 0 unspecified atom stereocenters. The SMILES string of the molecule is Cc1cn(C(C)C)c(NCc2ccccc2C)n1. The fourth-order valence-corrected chi connectivity index (χ4v) is 2.02. The predicted molar refractivity (Wildman–Crippen MR) is 75.9 cm³/mol. The van der Waals surface area contributed by atoms with Gasteiger partial charge in [-0.05, 0) is 38.8 Å². The zero-order valence-electron chi connectivity index (χ0n) is 11.6. The van der Waals surface area contributed by atoms with E-state index in [9.17, 15) is 0 Å². The Bertz CT molecular complexity index is 526. The van der Waals surface area contributed by atoms with Crippen LogP contribution in [0.1, 0.15) is 36.7 Å². The third-order valence-corrected chi connectivity index (χ3v) is 3.11. The van der Waals surface area contributed by atoms with Crippen molar-refractivity contribution in [2.45, 2.75) is 40.3 Å². The number of anilines is 1. The van der Waals surface area contributed by atoms with Gasteiger partial charge in [0, 0.05) is 18.8 Å². The van der Waals surface area contributed by atoms with Crippen LogP contribution in [0.25, 0.3) is 0 Å². The third kappa shape index (κ3) is 2.73. The van der Waals surface area contributed by atoms with Crippen molar-refractivity contribution in [1.29, 1.82) is 0 Å². The lowest BCUT2D eigenvalue weighted by Gasteiger charge is -2.13. The van der Waals surface area contributed by atoms with E-state index in [1.165, 1.54) is 11.1 Å². The van der Waals surface area contributed by atoms with Gasteiger partial charge in [0.05, 0.1) is 5.69 Å². The van der Waals surface area contributed by atoms with Crippen molar-refractivity contribution >= 4 is 5.95 Å². The summed E-state index contributed by atoms with van der Waals surface area (Å²) in [5.41, 5.74) is 3.67. The van der Waals surface area contributed by atoms with Crippen molar-refractivity contribution in [3.05, 3.63) is 47.3 Å². The van der Waals surface area contributed by atoms with Crippen molar-refractivity contribution < 1.29 is 0 Å². The quantitative estimate of drug-likeness (QED) is 0.887. The summed E-state index contributed by atoms with van der Waals surface area (Å²) in [5, 5.41) is 3.42. The molecule has 0 atom stereocenters. The van der Waals surface area contributed by atoms with Crippen LogP contribution >= 0.6 is 0 Å². The number of rotatable bonds is 4. The van der Waals surface area contributed by atoms with Crippen LogP contribution < -0.4 is 5.32 Å². The maximum absolute atomic E-state index is 4.53. The first-order chi connectivity index (χ1) is 8.58. The highest BCUT2D eigenvalue weighted by Gasteiger charge is 2.08. The highest BCUT2D eigenvalue weighted by atomic mass is 15.2. The molecule has 1 heterocycles. The number of aromatic nitrogens is 2. The van der Waals surface area contributed by atoms with E-state index in [-0.39, 0.29) is 0 Å². The Balaban J connectivity index is 2.13. The molecule has 0 amide bonds. The Morgan fingerprint density at radius 1 is 1.22 bits per heavy atom. The largest absolute Gasteiger partial charge is 0.352 e. The molecule has 0 aliphatic carbocycles. The maximum atomic E-state index is 4.53. The number of hydrogen-bond acceptors (Lipinski definition) is 2. The summed E-state index contributed by atoms with van der Waals surface area (Å²) in [6, 6.07) is 8.85. The van der Waals surface area contributed by atoms with E-state index in [0.717, 1.165) is 18.2 Å². The minimum absolute atomic E-state index is 0.422. The van der Waals surface area contributed by atoms with Crippen LogP contribution in [-0.2, 0) is 6.54 Å². The second kappa shape index (κ2) is 5.25. The average molecular weight is 243 g/mol. The number of imidazole rings is 1. The molecular weight excluding hydrogens is 222 g/mol. The molecule has 0 aliphatic rings. The smallest absolute Gasteiger partial charge is 0.203 e. The minimum Gasteiger partial charge on any atom is -0.352 e. The van der Waals surface area contributed by atoms with Gasteiger partial charge < -0.3 is 9.88 Å². The molecule has 18 heavy (non-hydrogen) atoms. The van der Waals surface area contributed by atoms with Gasteiger partial charge >= 0.3 is 0 Å². The van der Waals surface area contributed by atoms with Crippen LogP contribution in [0.4, 0.5) is 5.95 Å². The second-order valence-corrected chi connectivity index (χ2v) is 4.99. The van der Waals surface area contributed by atoms with Crippen LogP contribution in [0.3, 0.4) is 0 Å². The van der Waals surface area contributed by atoms with Crippen LogP contribution in [0.15, 0.2) is 30.5 Å². The number of nitrogens with zero attached hydrogens (tertiary/aromatic N) is 2. The Kier molecular flexibility index (Phi) is 3.70. The molecule has 3 heteroatoms. The molecular formula is C15H21N3. The lowest BCUT2D eigenvalue weighted by molar-refractivity contribution is 0.604. The fourth-order valence-electron chi connectivity index (χ4n) is 2.02. The van der Waals surface area contributed by atoms with E-state index in [1.807, 2.05) is 6.92 Å². The van der Waals surface area contributed by atoms with Crippen molar-refractivity contribution in [3.63, 3.8) is 0 Å². The molecule has 1 aromatic carbocycles. The molecule has 0 saturated carbocycles.